The lowest BCUT2D eigenvalue weighted by Gasteiger charge is -2.36. The van der Waals surface area contributed by atoms with Crippen molar-refractivity contribution in [1.29, 1.82) is 5.26 Å². The van der Waals surface area contributed by atoms with Gasteiger partial charge in [0, 0.05) is 5.25 Å². The van der Waals surface area contributed by atoms with Crippen LogP contribution in [0.15, 0.2) is 76.1 Å². The molecule has 0 amide bonds. The zero-order valence-electron chi connectivity index (χ0n) is 19.2. The Balaban J connectivity index is 2.45. The van der Waals surface area contributed by atoms with Crippen LogP contribution >= 0.6 is 23.4 Å². The fraction of sp³-hybridized carbons (Fsp3) is 0.240. The summed E-state index contributed by atoms with van der Waals surface area (Å²) in [5.41, 5.74) is 7.53. The maximum atomic E-state index is 13.2. The Morgan fingerprint density at radius 3 is 2.29 bits per heavy atom. The average molecular weight is 498 g/mol. The summed E-state index contributed by atoms with van der Waals surface area (Å²) in [4.78, 5) is 28.3. The molecule has 0 spiro atoms. The number of hydrogen-bond donors (Lipinski definition) is 1. The largest absolute Gasteiger partial charge is 0.466 e. The Morgan fingerprint density at radius 2 is 1.74 bits per heavy atom. The minimum absolute atomic E-state index is 0.00252. The molecule has 34 heavy (non-hydrogen) atoms. The Kier molecular flexibility index (Phi) is 7.92. The number of hydrogen-bond acceptors (Lipinski definition) is 8. The second-order valence-electron chi connectivity index (χ2n) is 7.59. The highest BCUT2D eigenvalue weighted by atomic mass is 35.5. The van der Waals surface area contributed by atoms with Crippen molar-refractivity contribution in [2.45, 2.75) is 29.9 Å². The van der Waals surface area contributed by atoms with Crippen molar-refractivity contribution >= 4 is 41.0 Å². The van der Waals surface area contributed by atoms with Gasteiger partial charge in [-0.05, 0) is 17.7 Å². The van der Waals surface area contributed by atoms with Crippen LogP contribution in [0.2, 0.25) is 5.02 Å². The summed E-state index contributed by atoms with van der Waals surface area (Å²) in [5, 5.41) is 10.7. The van der Waals surface area contributed by atoms with E-state index in [1.807, 2.05) is 19.9 Å². The molecule has 176 valence electrons. The molecule has 2 N–H and O–H groups in total. The van der Waals surface area contributed by atoms with Gasteiger partial charge in [0.15, 0.2) is 0 Å². The number of benzene rings is 2. The number of methoxy groups -OCH3 is 2. The van der Waals surface area contributed by atoms with Gasteiger partial charge in [-0.3, -0.25) is 4.90 Å². The predicted molar refractivity (Wildman–Crippen MR) is 132 cm³/mol. The lowest BCUT2D eigenvalue weighted by atomic mass is 9.81. The molecule has 3 rings (SSSR count). The number of carbonyl (C=O) groups is 2. The van der Waals surface area contributed by atoms with E-state index in [-0.39, 0.29) is 27.9 Å². The molecule has 0 saturated carbocycles. The second kappa shape index (κ2) is 10.7. The van der Waals surface area contributed by atoms with Gasteiger partial charge in [0.2, 0.25) is 0 Å². The summed E-state index contributed by atoms with van der Waals surface area (Å²) in [6, 6.07) is 16.1. The summed E-state index contributed by atoms with van der Waals surface area (Å²) in [6.07, 6.45) is 0. The van der Waals surface area contributed by atoms with Crippen molar-refractivity contribution in [3.63, 3.8) is 0 Å². The number of nitrogens with zero attached hydrogens (tertiary/aromatic N) is 2. The molecule has 9 heteroatoms. The van der Waals surface area contributed by atoms with E-state index in [1.54, 1.807) is 42.5 Å². The number of esters is 2. The van der Waals surface area contributed by atoms with Crippen LogP contribution in [0.1, 0.15) is 25.3 Å². The molecule has 0 fully saturated rings. The highest BCUT2D eigenvalue weighted by Crippen LogP contribution is 2.47. The first-order valence-electron chi connectivity index (χ1n) is 10.4. The van der Waals surface area contributed by atoms with Crippen molar-refractivity contribution in [1.82, 2.24) is 0 Å². The van der Waals surface area contributed by atoms with E-state index >= 15 is 0 Å². The Bertz CT molecular complexity index is 1220. The van der Waals surface area contributed by atoms with Crippen molar-refractivity contribution in [2.24, 2.45) is 5.73 Å². The van der Waals surface area contributed by atoms with Crippen LogP contribution in [0.5, 0.6) is 0 Å². The van der Waals surface area contributed by atoms with Gasteiger partial charge in [-0.2, -0.15) is 5.26 Å². The smallest absolute Gasteiger partial charge is 0.355 e. The lowest BCUT2D eigenvalue weighted by Crippen LogP contribution is -2.41. The molecular formula is C25H24ClN3O4S. The Hall–Kier alpha value is -3.41. The molecule has 0 aliphatic carbocycles. The van der Waals surface area contributed by atoms with Crippen LogP contribution in [0, 0.1) is 11.3 Å². The Morgan fingerprint density at radius 1 is 1.09 bits per heavy atom. The van der Waals surface area contributed by atoms with Gasteiger partial charge in [0.1, 0.15) is 11.5 Å². The second-order valence-corrected chi connectivity index (χ2v) is 9.58. The molecule has 2 aromatic rings. The minimum Gasteiger partial charge on any atom is -0.466 e. The van der Waals surface area contributed by atoms with Gasteiger partial charge in [-0.15, -0.1) is 11.8 Å². The van der Waals surface area contributed by atoms with E-state index < -0.39 is 17.9 Å². The molecule has 0 bridgehead atoms. The summed E-state index contributed by atoms with van der Waals surface area (Å²) >= 11 is 7.99. The molecule has 1 heterocycles. The number of halogens is 1. The van der Waals surface area contributed by atoms with Crippen molar-refractivity contribution in [3.05, 3.63) is 81.8 Å². The zero-order valence-corrected chi connectivity index (χ0v) is 20.7. The third-order valence-corrected chi connectivity index (χ3v) is 6.71. The summed E-state index contributed by atoms with van der Waals surface area (Å²) in [7, 11) is 2.42. The van der Waals surface area contributed by atoms with E-state index in [2.05, 4.69) is 6.07 Å². The zero-order chi connectivity index (χ0) is 25.0. The molecule has 1 aliphatic rings. The number of thioether (sulfide) groups is 1. The standard InChI is InChI=1S/C25H24ClN3O4S/c1-14(2)34-22-17(26)11-8-12-18(22)29-21(25(31)33-4)20(24(30)32-3)19(16(13-27)23(29)28)15-9-6-5-7-10-15/h5-12,14,19H,28H2,1-4H3. The molecule has 7 nitrogen and oxygen atoms in total. The van der Waals surface area contributed by atoms with Crippen LogP contribution in [0.3, 0.4) is 0 Å². The molecule has 2 aromatic carbocycles. The molecule has 1 unspecified atom stereocenters. The van der Waals surface area contributed by atoms with Gasteiger partial charge in [-0.1, -0.05) is 61.8 Å². The van der Waals surface area contributed by atoms with E-state index in [1.165, 1.54) is 30.9 Å². The monoisotopic (exact) mass is 497 g/mol. The minimum atomic E-state index is -0.926. The highest BCUT2D eigenvalue weighted by Gasteiger charge is 2.43. The molecule has 1 atom stereocenters. The van der Waals surface area contributed by atoms with Gasteiger partial charge < -0.3 is 15.2 Å². The fourth-order valence-electron chi connectivity index (χ4n) is 3.79. The fourth-order valence-corrected chi connectivity index (χ4v) is 5.02. The Labute approximate surface area is 207 Å². The maximum Gasteiger partial charge on any atom is 0.355 e. The lowest BCUT2D eigenvalue weighted by molar-refractivity contribution is -0.139. The van der Waals surface area contributed by atoms with E-state index in [9.17, 15) is 14.9 Å². The van der Waals surface area contributed by atoms with Crippen molar-refractivity contribution in [2.75, 3.05) is 19.1 Å². The number of anilines is 1. The third kappa shape index (κ3) is 4.63. The van der Waals surface area contributed by atoms with Crippen LogP contribution in [-0.2, 0) is 19.1 Å². The predicted octanol–water partition coefficient (Wildman–Crippen LogP) is 4.74. The SMILES string of the molecule is COC(=O)C1=C(C(=O)OC)N(c2cccc(Cl)c2SC(C)C)C(N)=C(C#N)C1c1ccccc1. The quantitative estimate of drug-likeness (QED) is 0.450. The number of rotatable bonds is 6. The number of nitrogens with two attached hydrogens (primary N) is 1. The molecular weight excluding hydrogens is 474 g/mol. The maximum absolute atomic E-state index is 13.2. The van der Waals surface area contributed by atoms with E-state index in [4.69, 9.17) is 26.8 Å². The highest BCUT2D eigenvalue weighted by molar-refractivity contribution is 8.00. The molecule has 0 aromatic heterocycles. The van der Waals surface area contributed by atoms with Gasteiger partial charge >= 0.3 is 11.9 Å². The average Bonchev–Trinajstić information content (AvgIpc) is 2.84. The topological polar surface area (TPSA) is 106 Å². The molecule has 1 aliphatic heterocycles. The summed E-state index contributed by atoms with van der Waals surface area (Å²) in [5.74, 6) is -2.51. The summed E-state index contributed by atoms with van der Waals surface area (Å²) < 4.78 is 10.1. The van der Waals surface area contributed by atoms with Crippen molar-refractivity contribution < 1.29 is 19.1 Å². The number of carbonyl (C=O) groups excluding carboxylic acids is 2. The van der Waals surface area contributed by atoms with Gasteiger partial charge in [0.25, 0.3) is 0 Å². The first-order valence-corrected chi connectivity index (χ1v) is 11.6. The van der Waals surface area contributed by atoms with Crippen LogP contribution in [0.25, 0.3) is 0 Å². The number of ether oxygens (including phenoxy) is 2. The molecule has 0 radical (unpaired) electrons. The molecule has 0 saturated heterocycles. The normalized spacial score (nSPS) is 15.9. The van der Waals surface area contributed by atoms with Crippen molar-refractivity contribution in [3.8, 4) is 6.07 Å². The van der Waals surface area contributed by atoms with Crippen LogP contribution in [0.4, 0.5) is 5.69 Å². The van der Waals surface area contributed by atoms with Gasteiger partial charge in [0.05, 0.1) is 53.0 Å². The van der Waals surface area contributed by atoms with Crippen LogP contribution in [-0.4, -0.2) is 31.4 Å². The first kappa shape index (κ1) is 25.2. The van der Waals surface area contributed by atoms with E-state index in [0.717, 1.165) is 0 Å². The third-order valence-electron chi connectivity index (χ3n) is 5.15. The van der Waals surface area contributed by atoms with E-state index in [0.29, 0.717) is 21.2 Å². The summed E-state index contributed by atoms with van der Waals surface area (Å²) in [6.45, 7) is 3.99. The first-order chi connectivity index (χ1) is 16.3. The number of allylic oxidation sites excluding steroid dienone is 1. The number of nitriles is 1. The van der Waals surface area contributed by atoms with Gasteiger partial charge in [-0.25, -0.2) is 9.59 Å². The van der Waals surface area contributed by atoms with Crippen LogP contribution < -0.4 is 10.6 Å².